The third-order valence-corrected chi connectivity index (χ3v) is 6.56. The van der Waals surface area contributed by atoms with Gasteiger partial charge in [0.05, 0.1) is 16.5 Å². The Labute approximate surface area is 194 Å². The summed E-state index contributed by atoms with van der Waals surface area (Å²) in [6.07, 6.45) is 0. The summed E-state index contributed by atoms with van der Waals surface area (Å²) in [6.45, 7) is 1.71. The van der Waals surface area contributed by atoms with E-state index in [1.165, 1.54) is 42.5 Å². The molecule has 174 valence electrons. The number of carbonyl (C=O) groups is 1. The Morgan fingerprint density at radius 1 is 1.03 bits per heavy atom. The summed E-state index contributed by atoms with van der Waals surface area (Å²) in [5.74, 6) is -1.05. The lowest BCUT2D eigenvalue weighted by Crippen LogP contribution is -2.28. The fraction of sp³-hybridized carbons (Fsp3) is 0.0833. The lowest BCUT2D eigenvalue weighted by molar-refractivity contribution is 0.0941. The molecule has 0 aliphatic heterocycles. The average molecular weight is 482 g/mol. The van der Waals surface area contributed by atoms with Crippen molar-refractivity contribution in [2.45, 2.75) is 17.9 Å². The van der Waals surface area contributed by atoms with Gasteiger partial charge in [-0.1, -0.05) is 12.1 Å². The number of carbonyl (C=O) groups excluding carboxylic acids is 1. The van der Waals surface area contributed by atoms with Gasteiger partial charge in [0.15, 0.2) is 0 Å². The molecule has 4 aromatic rings. The number of hydrogen-bond acceptors (Lipinski definition) is 5. The minimum Gasteiger partial charge on any atom is -0.508 e. The van der Waals surface area contributed by atoms with Crippen molar-refractivity contribution in [1.29, 1.82) is 0 Å². The molecule has 4 N–H and O–H groups in total. The monoisotopic (exact) mass is 481 g/mol. The number of hydrogen-bond donors (Lipinski definition) is 4. The van der Waals surface area contributed by atoms with Crippen LogP contribution in [-0.2, 0) is 10.0 Å². The zero-order valence-electron chi connectivity index (χ0n) is 17.9. The van der Waals surface area contributed by atoms with Crippen LogP contribution in [0.2, 0.25) is 0 Å². The van der Waals surface area contributed by atoms with Gasteiger partial charge in [-0.2, -0.15) is 0 Å². The summed E-state index contributed by atoms with van der Waals surface area (Å²) in [4.78, 5) is 27.6. The highest BCUT2D eigenvalue weighted by Gasteiger charge is 2.20. The number of nitrogens with one attached hydrogen (secondary N) is 3. The van der Waals surface area contributed by atoms with Crippen molar-refractivity contribution in [2.75, 3.05) is 4.72 Å². The Kier molecular flexibility index (Phi) is 6.08. The first-order chi connectivity index (χ1) is 16.1. The lowest BCUT2D eigenvalue weighted by Gasteiger charge is -2.16. The number of anilines is 1. The number of amides is 1. The van der Waals surface area contributed by atoms with Crippen molar-refractivity contribution in [2.24, 2.45) is 0 Å². The lowest BCUT2D eigenvalue weighted by atomic mass is 10.1. The van der Waals surface area contributed by atoms with E-state index in [0.29, 0.717) is 5.56 Å². The highest BCUT2D eigenvalue weighted by atomic mass is 32.2. The van der Waals surface area contributed by atoms with Gasteiger partial charge < -0.3 is 15.4 Å². The number of H-pyrrole nitrogens is 1. The van der Waals surface area contributed by atoms with E-state index >= 15 is 0 Å². The molecule has 1 amide bonds. The normalized spacial score (nSPS) is 12.3. The Bertz CT molecular complexity index is 1550. The third kappa shape index (κ3) is 4.91. The number of pyridine rings is 1. The van der Waals surface area contributed by atoms with Gasteiger partial charge >= 0.3 is 0 Å². The number of sulfonamides is 1. The Hall–Kier alpha value is -4.18. The van der Waals surface area contributed by atoms with Gasteiger partial charge in [0.1, 0.15) is 11.6 Å². The summed E-state index contributed by atoms with van der Waals surface area (Å²) >= 11 is 0. The zero-order chi connectivity index (χ0) is 24.5. The smallest absolute Gasteiger partial charge is 0.261 e. The van der Waals surface area contributed by atoms with E-state index in [-0.39, 0.29) is 32.8 Å². The van der Waals surface area contributed by atoms with Crippen LogP contribution in [0.15, 0.2) is 82.5 Å². The molecule has 0 spiro atoms. The van der Waals surface area contributed by atoms with Crippen LogP contribution in [0.3, 0.4) is 0 Å². The van der Waals surface area contributed by atoms with E-state index in [4.69, 9.17) is 0 Å². The van der Waals surface area contributed by atoms with Gasteiger partial charge in [0.2, 0.25) is 5.56 Å². The van der Waals surface area contributed by atoms with Crippen molar-refractivity contribution in [3.63, 3.8) is 0 Å². The Balaban J connectivity index is 1.69. The van der Waals surface area contributed by atoms with Gasteiger partial charge in [0.25, 0.3) is 15.9 Å². The predicted octanol–water partition coefficient (Wildman–Crippen LogP) is 3.66. The van der Waals surface area contributed by atoms with Gasteiger partial charge in [0, 0.05) is 22.7 Å². The highest BCUT2D eigenvalue weighted by molar-refractivity contribution is 7.92. The number of aromatic hydroxyl groups is 1. The molecule has 0 aliphatic rings. The molecule has 4 rings (SSSR count). The molecular formula is C24H20FN3O5S. The summed E-state index contributed by atoms with van der Waals surface area (Å²) in [7, 11) is -4.06. The number of phenols is 1. The van der Waals surface area contributed by atoms with Crippen LogP contribution >= 0.6 is 0 Å². The molecule has 34 heavy (non-hydrogen) atoms. The number of fused-ring (bicyclic) bond motifs is 1. The summed E-state index contributed by atoms with van der Waals surface area (Å²) in [5, 5.41) is 12.7. The van der Waals surface area contributed by atoms with Gasteiger partial charge in [-0.05, 0) is 67.1 Å². The molecule has 1 atom stereocenters. The van der Waals surface area contributed by atoms with Crippen LogP contribution in [0, 0.1) is 5.82 Å². The molecule has 3 aromatic carbocycles. The molecule has 0 bridgehead atoms. The largest absolute Gasteiger partial charge is 0.508 e. The van der Waals surface area contributed by atoms with Crippen molar-refractivity contribution < 1.29 is 22.7 Å². The van der Waals surface area contributed by atoms with Gasteiger partial charge in [-0.15, -0.1) is 0 Å². The number of aromatic nitrogens is 1. The van der Waals surface area contributed by atoms with E-state index in [2.05, 4.69) is 15.0 Å². The maximum atomic E-state index is 13.1. The number of benzene rings is 3. The summed E-state index contributed by atoms with van der Waals surface area (Å²) in [5.41, 5.74) is 0.561. The van der Waals surface area contributed by atoms with Crippen LogP contribution in [0.1, 0.15) is 28.9 Å². The molecule has 10 heteroatoms. The molecule has 0 fully saturated rings. The first-order valence-corrected chi connectivity index (χ1v) is 11.7. The van der Waals surface area contributed by atoms with Crippen LogP contribution in [-0.4, -0.2) is 24.4 Å². The first kappa shape index (κ1) is 23.0. The van der Waals surface area contributed by atoms with Gasteiger partial charge in [-0.3, -0.25) is 14.3 Å². The third-order valence-electron chi connectivity index (χ3n) is 5.18. The molecule has 0 saturated carbocycles. The van der Waals surface area contributed by atoms with Crippen molar-refractivity contribution >= 4 is 32.5 Å². The molecule has 1 aromatic heterocycles. The molecule has 1 unspecified atom stereocenters. The van der Waals surface area contributed by atoms with E-state index < -0.39 is 33.3 Å². The minimum atomic E-state index is -4.06. The van der Waals surface area contributed by atoms with Crippen LogP contribution in [0.5, 0.6) is 5.75 Å². The molecule has 0 aliphatic carbocycles. The SMILES string of the molecule is CC(NC(=O)c1cc(=O)[nH]c2ccc(S(=O)(=O)Nc3ccc(F)cc3)cc12)c1cccc(O)c1. The molecule has 8 nitrogen and oxygen atoms in total. The number of aromatic amines is 1. The van der Waals surface area contributed by atoms with Crippen LogP contribution in [0.25, 0.3) is 10.9 Å². The predicted molar refractivity (Wildman–Crippen MR) is 126 cm³/mol. The summed E-state index contributed by atoms with van der Waals surface area (Å²) < 4.78 is 41.2. The number of rotatable bonds is 6. The number of halogens is 1. The van der Waals surface area contributed by atoms with E-state index in [1.807, 2.05) is 0 Å². The topological polar surface area (TPSA) is 128 Å². The molecular weight excluding hydrogens is 461 g/mol. The number of phenolic OH excluding ortho intramolecular Hbond substituents is 1. The van der Waals surface area contributed by atoms with Crippen molar-refractivity contribution in [3.8, 4) is 5.75 Å². The molecule has 0 radical (unpaired) electrons. The highest BCUT2D eigenvalue weighted by Crippen LogP contribution is 2.24. The quantitative estimate of drug-likeness (QED) is 0.334. The molecule has 0 saturated heterocycles. The minimum absolute atomic E-state index is 0.00964. The second-order valence-electron chi connectivity index (χ2n) is 7.66. The zero-order valence-corrected chi connectivity index (χ0v) is 18.7. The first-order valence-electron chi connectivity index (χ1n) is 10.2. The van der Waals surface area contributed by atoms with Crippen LogP contribution in [0.4, 0.5) is 10.1 Å². The van der Waals surface area contributed by atoms with E-state index in [1.54, 1.807) is 19.1 Å². The Morgan fingerprint density at radius 3 is 2.47 bits per heavy atom. The van der Waals surface area contributed by atoms with E-state index in [9.17, 15) is 27.5 Å². The van der Waals surface area contributed by atoms with Crippen LogP contribution < -0.4 is 15.6 Å². The summed E-state index contributed by atoms with van der Waals surface area (Å²) in [6, 6.07) is 15.8. The second kappa shape index (κ2) is 8.99. The average Bonchev–Trinajstić information content (AvgIpc) is 2.79. The second-order valence-corrected chi connectivity index (χ2v) is 9.34. The van der Waals surface area contributed by atoms with Crippen molar-refractivity contribution in [3.05, 3.63) is 100 Å². The Morgan fingerprint density at radius 2 is 1.76 bits per heavy atom. The maximum Gasteiger partial charge on any atom is 0.261 e. The standard InChI is InChI=1S/C24H20FN3O5S/c1-14(15-3-2-4-18(29)11-15)26-24(31)21-13-23(30)27-22-10-9-19(12-20(21)22)34(32,33)28-17-7-5-16(25)6-8-17/h2-14,28-29H,1H3,(H,26,31)(H,27,30). The van der Waals surface area contributed by atoms with Crippen molar-refractivity contribution in [1.82, 2.24) is 10.3 Å². The maximum absolute atomic E-state index is 13.1. The fourth-order valence-corrected chi connectivity index (χ4v) is 4.56. The fourth-order valence-electron chi connectivity index (χ4n) is 3.47. The van der Waals surface area contributed by atoms with E-state index in [0.717, 1.165) is 18.2 Å². The van der Waals surface area contributed by atoms with Gasteiger partial charge in [-0.25, -0.2) is 12.8 Å². The molecule has 1 heterocycles.